The molecule has 1 atom stereocenters. The second kappa shape index (κ2) is 4.53. The topological polar surface area (TPSA) is 83.5 Å². The molecule has 1 fully saturated rings. The van der Waals surface area contributed by atoms with Crippen LogP contribution >= 0.6 is 11.6 Å². The summed E-state index contributed by atoms with van der Waals surface area (Å²) in [5.41, 5.74) is 0. The molecule has 1 heterocycles. The molecule has 1 unspecified atom stereocenters. The van der Waals surface area contributed by atoms with Crippen molar-refractivity contribution in [3.8, 4) is 0 Å². The first-order chi connectivity index (χ1) is 8.40. The van der Waals surface area contributed by atoms with E-state index in [1.165, 1.54) is 24.3 Å². The van der Waals surface area contributed by atoms with Gasteiger partial charge in [-0.1, -0.05) is 11.6 Å². The van der Waals surface area contributed by atoms with E-state index in [9.17, 15) is 18.3 Å². The Morgan fingerprint density at radius 2 is 1.94 bits per heavy atom. The number of rotatable bonds is 3. The molecule has 2 rings (SSSR count). The number of nitrogens with one attached hydrogen (secondary N) is 1. The zero-order chi connectivity index (χ0) is 13.4. The van der Waals surface area contributed by atoms with Crippen molar-refractivity contribution < 1.29 is 18.3 Å². The number of carbonyl (C=O) groups is 1. The molecule has 18 heavy (non-hydrogen) atoms. The average molecular weight is 290 g/mol. The van der Waals surface area contributed by atoms with Gasteiger partial charge in [0, 0.05) is 5.02 Å². The molecule has 0 amide bonds. The first-order valence-electron chi connectivity index (χ1n) is 5.39. The summed E-state index contributed by atoms with van der Waals surface area (Å²) in [6.45, 7) is 0.374. The van der Waals surface area contributed by atoms with Crippen molar-refractivity contribution in [2.75, 3.05) is 6.54 Å². The van der Waals surface area contributed by atoms with Crippen molar-refractivity contribution in [3.05, 3.63) is 29.3 Å². The molecule has 0 aromatic heterocycles. The molecule has 0 aliphatic carbocycles. The number of carboxylic acids is 1. The van der Waals surface area contributed by atoms with Gasteiger partial charge in [-0.15, -0.1) is 0 Å². The van der Waals surface area contributed by atoms with Gasteiger partial charge in [0.2, 0.25) is 14.7 Å². The number of carboxylic acid groups (broad SMARTS) is 1. The van der Waals surface area contributed by atoms with Crippen molar-refractivity contribution in [1.29, 1.82) is 0 Å². The standard InChI is InChI=1S/C11H12ClNO4S/c12-8-2-4-9(5-3-8)18(16,17)11(10(14)15)6-1-7-13-11/h2-5,13H,1,6-7H2,(H,14,15). The smallest absolute Gasteiger partial charge is 0.340 e. The summed E-state index contributed by atoms with van der Waals surface area (Å²) < 4.78 is 24.8. The van der Waals surface area contributed by atoms with Gasteiger partial charge in [0.15, 0.2) is 0 Å². The molecule has 1 aliphatic rings. The molecule has 1 saturated heterocycles. The highest BCUT2D eigenvalue weighted by atomic mass is 35.5. The fraction of sp³-hybridized carbons (Fsp3) is 0.364. The van der Waals surface area contributed by atoms with Crippen LogP contribution in [0.5, 0.6) is 0 Å². The summed E-state index contributed by atoms with van der Waals surface area (Å²) in [6.07, 6.45) is 0.576. The Bertz CT molecular complexity index is 561. The van der Waals surface area contributed by atoms with Gasteiger partial charge in [-0.05, 0) is 43.7 Å². The van der Waals surface area contributed by atoms with Crippen LogP contribution in [0.15, 0.2) is 29.2 Å². The van der Waals surface area contributed by atoms with Gasteiger partial charge in [-0.25, -0.2) is 13.2 Å². The largest absolute Gasteiger partial charge is 0.479 e. The van der Waals surface area contributed by atoms with E-state index in [4.69, 9.17) is 11.6 Å². The minimum absolute atomic E-state index is 0.0382. The number of hydrogen-bond donors (Lipinski definition) is 2. The van der Waals surface area contributed by atoms with E-state index in [0.29, 0.717) is 18.0 Å². The Labute approximate surface area is 110 Å². The highest BCUT2D eigenvalue weighted by molar-refractivity contribution is 7.93. The molecule has 1 aromatic rings. The molecule has 0 bridgehead atoms. The lowest BCUT2D eigenvalue weighted by Gasteiger charge is -2.24. The molecular weight excluding hydrogens is 278 g/mol. The predicted molar refractivity (Wildman–Crippen MR) is 66.2 cm³/mol. The highest BCUT2D eigenvalue weighted by Crippen LogP contribution is 2.32. The summed E-state index contributed by atoms with van der Waals surface area (Å²) in [5, 5.41) is 12.3. The van der Waals surface area contributed by atoms with Gasteiger partial charge in [-0.3, -0.25) is 5.32 Å². The third-order valence-corrected chi connectivity index (χ3v) is 5.63. The molecule has 0 radical (unpaired) electrons. The summed E-state index contributed by atoms with van der Waals surface area (Å²) in [7, 11) is -3.99. The lowest BCUT2D eigenvalue weighted by Crippen LogP contribution is -2.54. The lowest BCUT2D eigenvalue weighted by atomic mass is 10.2. The summed E-state index contributed by atoms with van der Waals surface area (Å²) in [5.74, 6) is -1.37. The minimum atomic E-state index is -3.99. The number of halogens is 1. The maximum absolute atomic E-state index is 12.4. The summed E-state index contributed by atoms with van der Waals surface area (Å²) >= 11 is 5.69. The van der Waals surface area contributed by atoms with Gasteiger partial charge in [0.1, 0.15) is 0 Å². The van der Waals surface area contributed by atoms with Crippen LogP contribution in [0.2, 0.25) is 5.02 Å². The van der Waals surface area contributed by atoms with Gasteiger partial charge >= 0.3 is 5.97 Å². The molecule has 1 aromatic carbocycles. The second-order valence-electron chi connectivity index (χ2n) is 4.12. The zero-order valence-corrected chi connectivity index (χ0v) is 11.0. The second-order valence-corrected chi connectivity index (χ2v) is 6.73. The quantitative estimate of drug-likeness (QED) is 0.876. The van der Waals surface area contributed by atoms with Crippen LogP contribution in [-0.4, -0.2) is 30.9 Å². The SMILES string of the molecule is O=C(O)C1(S(=O)(=O)c2ccc(Cl)cc2)CCCN1. The Morgan fingerprint density at radius 1 is 1.33 bits per heavy atom. The van der Waals surface area contributed by atoms with E-state index in [0.717, 1.165) is 0 Å². The normalized spacial score (nSPS) is 24.1. The minimum Gasteiger partial charge on any atom is -0.479 e. The first kappa shape index (κ1) is 13.3. The molecule has 5 nitrogen and oxygen atoms in total. The van der Waals surface area contributed by atoms with E-state index in [-0.39, 0.29) is 11.3 Å². The zero-order valence-electron chi connectivity index (χ0n) is 9.39. The van der Waals surface area contributed by atoms with Crippen LogP contribution < -0.4 is 5.32 Å². The maximum atomic E-state index is 12.4. The van der Waals surface area contributed by atoms with Gasteiger partial charge in [-0.2, -0.15) is 0 Å². The maximum Gasteiger partial charge on any atom is 0.340 e. The monoisotopic (exact) mass is 289 g/mol. The van der Waals surface area contributed by atoms with Crippen LogP contribution in [0.4, 0.5) is 0 Å². The fourth-order valence-corrected chi connectivity index (χ4v) is 4.02. The van der Waals surface area contributed by atoms with Crippen LogP contribution in [0.25, 0.3) is 0 Å². The van der Waals surface area contributed by atoms with Crippen LogP contribution in [0.3, 0.4) is 0 Å². The van der Waals surface area contributed by atoms with E-state index in [1.807, 2.05) is 0 Å². The van der Waals surface area contributed by atoms with Crippen molar-refractivity contribution in [2.45, 2.75) is 22.6 Å². The Kier molecular flexibility index (Phi) is 3.35. The van der Waals surface area contributed by atoms with E-state index in [2.05, 4.69) is 5.32 Å². The highest BCUT2D eigenvalue weighted by Gasteiger charge is 2.53. The molecule has 0 saturated carbocycles. The van der Waals surface area contributed by atoms with Crippen molar-refractivity contribution in [3.63, 3.8) is 0 Å². The van der Waals surface area contributed by atoms with Crippen molar-refractivity contribution >= 4 is 27.4 Å². The molecule has 98 valence electrons. The fourth-order valence-electron chi connectivity index (χ4n) is 2.06. The van der Waals surface area contributed by atoms with Gasteiger partial charge < -0.3 is 5.11 Å². The molecule has 2 N–H and O–H groups in total. The van der Waals surface area contributed by atoms with Crippen LogP contribution in [0.1, 0.15) is 12.8 Å². The number of aliphatic carboxylic acids is 1. The predicted octanol–water partition coefficient (Wildman–Crippen LogP) is 1.28. The molecule has 0 spiro atoms. The first-order valence-corrected chi connectivity index (χ1v) is 7.25. The number of sulfone groups is 1. The van der Waals surface area contributed by atoms with Crippen LogP contribution in [0, 0.1) is 0 Å². The van der Waals surface area contributed by atoms with E-state index < -0.39 is 20.7 Å². The molecular formula is C11H12ClNO4S. The lowest BCUT2D eigenvalue weighted by molar-refractivity contribution is -0.140. The summed E-state index contributed by atoms with van der Waals surface area (Å²) in [4.78, 5) is 9.39. The Hall–Kier alpha value is -1.11. The van der Waals surface area contributed by atoms with Gasteiger partial charge in [0.05, 0.1) is 4.90 Å². The number of hydrogen-bond acceptors (Lipinski definition) is 4. The third kappa shape index (κ3) is 1.90. The third-order valence-electron chi connectivity index (χ3n) is 3.04. The van der Waals surface area contributed by atoms with Crippen molar-refractivity contribution in [1.82, 2.24) is 5.32 Å². The van der Waals surface area contributed by atoms with Crippen LogP contribution in [-0.2, 0) is 14.6 Å². The van der Waals surface area contributed by atoms with Gasteiger partial charge in [0.25, 0.3) is 0 Å². The van der Waals surface area contributed by atoms with E-state index >= 15 is 0 Å². The Morgan fingerprint density at radius 3 is 2.39 bits per heavy atom. The van der Waals surface area contributed by atoms with E-state index in [1.54, 1.807) is 0 Å². The Balaban J connectivity index is 2.53. The summed E-state index contributed by atoms with van der Waals surface area (Å²) in [6, 6.07) is 5.50. The molecule has 1 aliphatic heterocycles. The average Bonchev–Trinajstić information content (AvgIpc) is 2.80. The van der Waals surface area contributed by atoms with Crippen molar-refractivity contribution in [2.24, 2.45) is 0 Å². The number of benzene rings is 1. The molecule has 7 heteroatoms.